The summed E-state index contributed by atoms with van der Waals surface area (Å²) in [4.78, 5) is 0. The first kappa shape index (κ1) is 10.4. The molecule has 0 aliphatic rings. The SMILES string of the molecule is Clc1ccc2sc3ccc4ccccc4c3c2c1. The van der Waals surface area contributed by atoms with Crippen LogP contribution in [0.25, 0.3) is 30.9 Å². The molecule has 0 aliphatic heterocycles. The van der Waals surface area contributed by atoms with Crippen LogP contribution in [-0.2, 0) is 0 Å². The van der Waals surface area contributed by atoms with Crippen molar-refractivity contribution in [3.63, 3.8) is 0 Å². The predicted molar refractivity (Wildman–Crippen MR) is 81.8 cm³/mol. The van der Waals surface area contributed by atoms with Gasteiger partial charge in [-0.15, -0.1) is 11.3 Å². The van der Waals surface area contributed by atoms with Crippen LogP contribution in [0.4, 0.5) is 0 Å². The summed E-state index contributed by atoms with van der Waals surface area (Å²) in [6.45, 7) is 0. The highest BCUT2D eigenvalue weighted by Gasteiger charge is 2.08. The molecule has 2 heteroatoms. The first-order valence-corrected chi connectivity index (χ1v) is 7.02. The van der Waals surface area contributed by atoms with Gasteiger partial charge in [0.1, 0.15) is 0 Å². The van der Waals surface area contributed by atoms with Crippen LogP contribution in [-0.4, -0.2) is 0 Å². The van der Waals surface area contributed by atoms with Gasteiger partial charge in [-0.2, -0.15) is 0 Å². The van der Waals surface area contributed by atoms with E-state index in [0.29, 0.717) is 0 Å². The van der Waals surface area contributed by atoms with Gasteiger partial charge in [0.05, 0.1) is 0 Å². The molecule has 1 aromatic heterocycles. The van der Waals surface area contributed by atoms with E-state index in [1.54, 1.807) is 0 Å². The van der Waals surface area contributed by atoms with Gasteiger partial charge < -0.3 is 0 Å². The maximum atomic E-state index is 6.13. The van der Waals surface area contributed by atoms with Crippen LogP contribution in [0.15, 0.2) is 54.6 Å². The summed E-state index contributed by atoms with van der Waals surface area (Å²) < 4.78 is 2.62. The zero-order chi connectivity index (χ0) is 12.1. The predicted octanol–water partition coefficient (Wildman–Crippen LogP) is 5.86. The molecule has 86 valence electrons. The minimum Gasteiger partial charge on any atom is -0.135 e. The van der Waals surface area contributed by atoms with Crippen molar-refractivity contribution in [1.29, 1.82) is 0 Å². The van der Waals surface area contributed by atoms with Crippen molar-refractivity contribution in [3.05, 3.63) is 59.6 Å². The summed E-state index contributed by atoms with van der Waals surface area (Å²) in [6.07, 6.45) is 0. The molecule has 0 N–H and O–H groups in total. The van der Waals surface area contributed by atoms with E-state index in [2.05, 4.69) is 48.5 Å². The lowest BCUT2D eigenvalue weighted by Crippen LogP contribution is -1.73. The number of halogens is 1. The summed E-state index contributed by atoms with van der Waals surface area (Å²) in [5.41, 5.74) is 0. The van der Waals surface area contributed by atoms with E-state index in [9.17, 15) is 0 Å². The average Bonchev–Trinajstić information content (AvgIpc) is 2.77. The van der Waals surface area contributed by atoms with E-state index in [0.717, 1.165) is 5.02 Å². The van der Waals surface area contributed by atoms with Crippen molar-refractivity contribution in [2.45, 2.75) is 0 Å². The molecule has 0 saturated heterocycles. The van der Waals surface area contributed by atoms with Crippen molar-refractivity contribution in [2.24, 2.45) is 0 Å². The molecule has 0 atom stereocenters. The molecule has 4 aromatic rings. The van der Waals surface area contributed by atoms with Gasteiger partial charge in [0, 0.05) is 25.2 Å². The Morgan fingerprint density at radius 3 is 2.56 bits per heavy atom. The van der Waals surface area contributed by atoms with Crippen LogP contribution in [0.5, 0.6) is 0 Å². The lowest BCUT2D eigenvalue weighted by molar-refractivity contribution is 1.81. The van der Waals surface area contributed by atoms with Crippen LogP contribution >= 0.6 is 22.9 Å². The minimum atomic E-state index is 0.801. The number of hydrogen-bond acceptors (Lipinski definition) is 1. The smallest absolute Gasteiger partial charge is 0.0413 e. The molecule has 0 spiro atoms. The van der Waals surface area contributed by atoms with Crippen LogP contribution in [0.2, 0.25) is 5.02 Å². The highest BCUT2D eigenvalue weighted by molar-refractivity contribution is 7.26. The lowest BCUT2D eigenvalue weighted by atomic mass is 10.0. The van der Waals surface area contributed by atoms with Gasteiger partial charge in [-0.25, -0.2) is 0 Å². The molecule has 0 bridgehead atoms. The zero-order valence-corrected chi connectivity index (χ0v) is 11.1. The Hall–Kier alpha value is -1.57. The van der Waals surface area contributed by atoms with Gasteiger partial charge in [0.2, 0.25) is 0 Å². The zero-order valence-electron chi connectivity index (χ0n) is 9.48. The Morgan fingerprint density at radius 1 is 0.778 bits per heavy atom. The highest BCUT2D eigenvalue weighted by atomic mass is 35.5. The Kier molecular flexibility index (Phi) is 2.14. The van der Waals surface area contributed by atoms with E-state index in [-0.39, 0.29) is 0 Å². The average molecular weight is 269 g/mol. The van der Waals surface area contributed by atoms with E-state index >= 15 is 0 Å². The minimum absolute atomic E-state index is 0.801. The standard InChI is InChI=1S/C16H9ClS/c17-11-6-8-14-13(9-11)16-12-4-2-1-3-10(12)5-7-15(16)18-14/h1-9H. The summed E-state index contributed by atoms with van der Waals surface area (Å²) in [5.74, 6) is 0. The van der Waals surface area contributed by atoms with Crippen molar-refractivity contribution in [3.8, 4) is 0 Å². The number of thiophene rings is 1. The monoisotopic (exact) mass is 268 g/mol. The van der Waals surface area contributed by atoms with E-state index in [4.69, 9.17) is 11.6 Å². The molecule has 0 radical (unpaired) electrons. The summed E-state index contributed by atoms with van der Waals surface area (Å²) in [5, 5.41) is 5.98. The fourth-order valence-electron chi connectivity index (χ4n) is 2.52. The first-order chi connectivity index (χ1) is 8.83. The molecule has 0 fully saturated rings. The van der Waals surface area contributed by atoms with Crippen LogP contribution in [0.1, 0.15) is 0 Å². The summed E-state index contributed by atoms with van der Waals surface area (Å²) in [7, 11) is 0. The maximum Gasteiger partial charge on any atom is 0.0413 e. The number of benzene rings is 3. The lowest BCUT2D eigenvalue weighted by Gasteiger charge is -2.00. The molecule has 0 aliphatic carbocycles. The molecule has 0 saturated carbocycles. The number of rotatable bonds is 0. The van der Waals surface area contributed by atoms with Crippen molar-refractivity contribution in [2.75, 3.05) is 0 Å². The fourth-order valence-corrected chi connectivity index (χ4v) is 3.79. The summed E-state index contributed by atoms with van der Waals surface area (Å²) >= 11 is 7.96. The van der Waals surface area contributed by atoms with Gasteiger partial charge in [0.25, 0.3) is 0 Å². The second-order valence-corrected chi connectivity index (χ2v) is 5.92. The van der Waals surface area contributed by atoms with E-state index in [1.807, 2.05) is 17.4 Å². The topological polar surface area (TPSA) is 0 Å². The second-order valence-electron chi connectivity index (χ2n) is 4.40. The molecule has 4 rings (SSSR count). The summed E-state index contributed by atoms with van der Waals surface area (Å²) in [6, 6.07) is 19.0. The Morgan fingerprint density at radius 2 is 1.61 bits per heavy atom. The van der Waals surface area contributed by atoms with Crippen LogP contribution in [0, 0.1) is 0 Å². The van der Waals surface area contributed by atoms with Gasteiger partial charge in [-0.3, -0.25) is 0 Å². The largest absolute Gasteiger partial charge is 0.135 e. The van der Waals surface area contributed by atoms with E-state index in [1.165, 1.54) is 30.9 Å². The quantitative estimate of drug-likeness (QED) is 0.375. The third kappa shape index (κ3) is 1.38. The van der Waals surface area contributed by atoms with Crippen molar-refractivity contribution < 1.29 is 0 Å². The van der Waals surface area contributed by atoms with Gasteiger partial charge >= 0.3 is 0 Å². The Labute approximate surface area is 113 Å². The Balaban J connectivity index is 2.35. The van der Waals surface area contributed by atoms with Gasteiger partial charge in [-0.05, 0) is 35.0 Å². The third-order valence-corrected chi connectivity index (χ3v) is 4.69. The fraction of sp³-hybridized carbons (Fsp3) is 0. The first-order valence-electron chi connectivity index (χ1n) is 5.82. The molecular weight excluding hydrogens is 260 g/mol. The molecule has 1 heterocycles. The molecule has 0 unspecified atom stereocenters. The van der Waals surface area contributed by atoms with E-state index < -0.39 is 0 Å². The molecule has 0 nitrogen and oxygen atoms in total. The van der Waals surface area contributed by atoms with Crippen molar-refractivity contribution >= 4 is 53.9 Å². The number of hydrogen-bond donors (Lipinski definition) is 0. The molecule has 0 amide bonds. The molecule has 18 heavy (non-hydrogen) atoms. The van der Waals surface area contributed by atoms with Crippen LogP contribution < -0.4 is 0 Å². The second kappa shape index (κ2) is 3.71. The van der Waals surface area contributed by atoms with Crippen molar-refractivity contribution in [1.82, 2.24) is 0 Å². The molecule has 3 aromatic carbocycles. The highest BCUT2D eigenvalue weighted by Crippen LogP contribution is 2.39. The van der Waals surface area contributed by atoms with Gasteiger partial charge in [0.15, 0.2) is 0 Å². The normalized spacial score (nSPS) is 11.6. The van der Waals surface area contributed by atoms with Gasteiger partial charge in [-0.1, -0.05) is 41.9 Å². The Bertz CT molecular complexity index is 889. The maximum absolute atomic E-state index is 6.13. The van der Waals surface area contributed by atoms with Crippen LogP contribution in [0.3, 0.4) is 0 Å². The number of fused-ring (bicyclic) bond motifs is 5. The third-order valence-electron chi connectivity index (χ3n) is 3.32. The molecular formula is C16H9ClS.